The van der Waals surface area contributed by atoms with E-state index in [1.165, 1.54) is 36.5 Å². The summed E-state index contributed by atoms with van der Waals surface area (Å²) in [6, 6.07) is 13.4. The Balaban J connectivity index is 1.57. The van der Waals surface area contributed by atoms with Gasteiger partial charge in [0.1, 0.15) is 17.3 Å². The minimum absolute atomic E-state index is 0.212. The lowest BCUT2D eigenvalue weighted by atomic mass is 10.1. The molecule has 0 bridgehead atoms. The van der Waals surface area contributed by atoms with Gasteiger partial charge >= 0.3 is 0 Å². The average molecular weight is 354 g/mol. The zero-order chi connectivity index (χ0) is 18.4. The van der Waals surface area contributed by atoms with Crippen LogP contribution in [0.3, 0.4) is 0 Å². The van der Waals surface area contributed by atoms with Crippen molar-refractivity contribution in [3.05, 3.63) is 83.7 Å². The molecule has 1 aromatic heterocycles. The number of halogens is 2. The number of aromatic nitrogens is 2. The smallest absolute Gasteiger partial charge is 0.270 e. The van der Waals surface area contributed by atoms with Gasteiger partial charge in [-0.3, -0.25) is 4.79 Å². The van der Waals surface area contributed by atoms with E-state index in [0.717, 1.165) is 5.56 Å². The van der Waals surface area contributed by atoms with E-state index in [0.29, 0.717) is 18.7 Å². The molecule has 1 heterocycles. The van der Waals surface area contributed by atoms with Crippen LogP contribution >= 0.6 is 0 Å². The third-order valence-electron chi connectivity index (χ3n) is 3.60. The number of amides is 1. The molecule has 5 nitrogen and oxygen atoms in total. The molecule has 0 aliphatic carbocycles. The van der Waals surface area contributed by atoms with E-state index >= 15 is 0 Å². The summed E-state index contributed by atoms with van der Waals surface area (Å²) in [6.45, 7) is 0.398. The molecule has 0 radical (unpaired) electrons. The zero-order valence-corrected chi connectivity index (χ0v) is 13.7. The molecule has 0 spiro atoms. The molecule has 0 fully saturated rings. The molecule has 2 aromatic carbocycles. The fourth-order valence-corrected chi connectivity index (χ4v) is 2.27. The number of anilines is 2. The Morgan fingerprint density at radius 3 is 2.27 bits per heavy atom. The molecular formula is C19H16F2N4O. The molecule has 0 aliphatic heterocycles. The Morgan fingerprint density at radius 1 is 0.923 bits per heavy atom. The molecule has 0 aliphatic rings. The molecule has 0 unspecified atom stereocenters. The van der Waals surface area contributed by atoms with Gasteiger partial charge in [0.05, 0.1) is 0 Å². The Labute approximate surface area is 149 Å². The van der Waals surface area contributed by atoms with Gasteiger partial charge in [-0.2, -0.15) is 0 Å². The summed E-state index contributed by atoms with van der Waals surface area (Å²) < 4.78 is 25.8. The van der Waals surface area contributed by atoms with Crippen LogP contribution in [-0.2, 0) is 6.42 Å². The van der Waals surface area contributed by atoms with Gasteiger partial charge in [-0.1, -0.05) is 12.1 Å². The van der Waals surface area contributed by atoms with Crippen molar-refractivity contribution in [2.75, 3.05) is 11.9 Å². The topological polar surface area (TPSA) is 66.9 Å². The van der Waals surface area contributed by atoms with Gasteiger partial charge in [0.25, 0.3) is 5.91 Å². The molecule has 0 saturated heterocycles. The van der Waals surface area contributed by atoms with Crippen molar-refractivity contribution in [1.82, 2.24) is 15.3 Å². The quantitative estimate of drug-likeness (QED) is 0.711. The van der Waals surface area contributed by atoms with E-state index in [2.05, 4.69) is 20.6 Å². The SMILES string of the molecule is O=C(NCCc1ccc(F)cc1)c1ccnc(Nc2ccc(F)cc2)n1. The molecule has 26 heavy (non-hydrogen) atoms. The van der Waals surface area contributed by atoms with E-state index in [-0.39, 0.29) is 29.2 Å². The minimum atomic E-state index is -0.342. The number of nitrogens with one attached hydrogen (secondary N) is 2. The van der Waals surface area contributed by atoms with Crippen molar-refractivity contribution in [2.45, 2.75) is 6.42 Å². The fraction of sp³-hybridized carbons (Fsp3) is 0.105. The predicted octanol–water partition coefficient (Wildman–Crippen LogP) is 3.47. The molecule has 1 amide bonds. The van der Waals surface area contributed by atoms with Crippen LogP contribution in [0.5, 0.6) is 0 Å². The Hall–Kier alpha value is -3.35. The van der Waals surface area contributed by atoms with Crippen LogP contribution in [0.4, 0.5) is 20.4 Å². The van der Waals surface area contributed by atoms with Crippen LogP contribution in [0.2, 0.25) is 0 Å². The maximum atomic E-state index is 12.9. The molecule has 3 rings (SSSR count). The highest BCUT2D eigenvalue weighted by Gasteiger charge is 2.08. The van der Waals surface area contributed by atoms with E-state index in [9.17, 15) is 13.6 Å². The van der Waals surface area contributed by atoms with E-state index in [4.69, 9.17) is 0 Å². The largest absolute Gasteiger partial charge is 0.350 e. The number of benzene rings is 2. The standard InChI is InChI=1S/C19H16F2N4O/c20-14-3-1-13(2-4-14)9-11-22-18(26)17-10-12-23-19(25-17)24-16-7-5-15(21)6-8-16/h1-8,10,12H,9,11H2,(H,22,26)(H,23,24,25). The maximum Gasteiger partial charge on any atom is 0.270 e. The van der Waals surface area contributed by atoms with Crippen molar-refractivity contribution in [1.29, 1.82) is 0 Å². The molecule has 2 N–H and O–H groups in total. The zero-order valence-electron chi connectivity index (χ0n) is 13.7. The number of rotatable bonds is 6. The molecule has 3 aromatic rings. The van der Waals surface area contributed by atoms with Crippen molar-refractivity contribution in [2.24, 2.45) is 0 Å². The summed E-state index contributed by atoms with van der Waals surface area (Å²) in [4.78, 5) is 20.4. The van der Waals surface area contributed by atoms with E-state index in [1.807, 2.05) is 0 Å². The highest BCUT2D eigenvalue weighted by atomic mass is 19.1. The van der Waals surface area contributed by atoms with Crippen molar-refractivity contribution < 1.29 is 13.6 Å². The number of nitrogens with zero attached hydrogens (tertiary/aromatic N) is 2. The molecule has 0 saturated carbocycles. The van der Waals surface area contributed by atoms with Crippen LogP contribution < -0.4 is 10.6 Å². The van der Waals surface area contributed by atoms with Crippen LogP contribution in [0.1, 0.15) is 16.1 Å². The lowest BCUT2D eigenvalue weighted by Gasteiger charge is -2.07. The number of hydrogen-bond acceptors (Lipinski definition) is 4. The van der Waals surface area contributed by atoms with Gasteiger partial charge < -0.3 is 10.6 Å². The second kappa shape index (κ2) is 8.15. The van der Waals surface area contributed by atoms with E-state index < -0.39 is 0 Å². The molecular weight excluding hydrogens is 338 g/mol. The van der Waals surface area contributed by atoms with Gasteiger partial charge in [0.15, 0.2) is 0 Å². The Kier molecular flexibility index (Phi) is 5.48. The third kappa shape index (κ3) is 4.83. The average Bonchev–Trinajstić information content (AvgIpc) is 2.65. The number of carbonyl (C=O) groups is 1. The van der Waals surface area contributed by atoms with Gasteiger partial charge in [0, 0.05) is 18.4 Å². The van der Waals surface area contributed by atoms with Crippen LogP contribution in [0, 0.1) is 11.6 Å². The molecule has 7 heteroatoms. The van der Waals surface area contributed by atoms with E-state index in [1.54, 1.807) is 24.3 Å². The van der Waals surface area contributed by atoms with Crippen LogP contribution in [0.25, 0.3) is 0 Å². The second-order valence-electron chi connectivity index (χ2n) is 5.53. The second-order valence-corrected chi connectivity index (χ2v) is 5.53. The number of carbonyl (C=O) groups excluding carboxylic acids is 1. The van der Waals surface area contributed by atoms with Crippen molar-refractivity contribution in [3.63, 3.8) is 0 Å². The van der Waals surface area contributed by atoms with Crippen LogP contribution in [-0.4, -0.2) is 22.4 Å². The third-order valence-corrected chi connectivity index (χ3v) is 3.60. The normalized spacial score (nSPS) is 10.4. The summed E-state index contributed by atoms with van der Waals surface area (Å²) in [5.74, 6) is -0.731. The van der Waals surface area contributed by atoms with Gasteiger partial charge in [-0.25, -0.2) is 18.7 Å². The summed E-state index contributed by atoms with van der Waals surface area (Å²) in [5, 5.41) is 5.67. The summed E-state index contributed by atoms with van der Waals surface area (Å²) >= 11 is 0. The molecule has 0 atom stereocenters. The fourth-order valence-electron chi connectivity index (χ4n) is 2.27. The first-order valence-electron chi connectivity index (χ1n) is 7.98. The monoisotopic (exact) mass is 354 g/mol. The highest BCUT2D eigenvalue weighted by Crippen LogP contribution is 2.13. The first-order valence-corrected chi connectivity index (χ1v) is 7.98. The van der Waals surface area contributed by atoms with Gasteiger partial charge in [0.2, 0.25) is 5.95 Å². The maximum absolute atomic E-state index is 12.9. The predicted molar refractivity (Wildman–Crippen MR) is 94.2 cm³/mol. The Bertz CT molecular complexity index is 883. The first kappa shape index (κ1) is 17.5. The summed E-state index contributed by atoms with van der Waals surface area (Å²) in [7, 11) is 0. The first-order chi connectivity index (χ1) is 12.6. The highest BCUT2D eigenvalue weighted by molar-refractivity contribution is 5.92. The van der Waals surface area contributed by atoms with Gasteiger partial charge in [-0.05, 0) is 54.4 Å². The van der Waals surface area contributed by atoms with Gasteiger partial charge in [-0.15, -0.1) is 0 Å². The lowest BCUT2D eigenvalue weighted by molar-refractivity contribution is 0.0949. The summed E-state index contributed by atoms with van der Waals surface area (Å²) in [6.07, 6.45) is 2.05. The Morgan fingerprint density at radius 2 is 1.58 bits per heavy atom. The van der Waals surface area contributed by atoms with Crippen molar-refractivity contribution >= 4 is 17.5 Å². The summed E-state index contributed by atoms with van der Waals surface area (Å²) in [5.41, 5.74) is 1.75. The number of hydrogen-bond donors (Lipinski definition) is 2. The molecule has 132 valence electrons. The minimum Gasteiger partial charge on any atom is -0.350 e. The lowest BCUT2D eigenvalue weighted by Crippen LogP contribution is -2.26. The van der Waals surface area contributed by atoms with Crippen LogP contribution in [0.15, 0.2) is 60.8 Å². The van der Waals surface area contributed by atoms with Crippen molar-refractivity contribution in [3.8, 4) is 0 Å².